The van der Waals surface area contributed by atoms with Gasteiger partial charge in [-0.05, 0) is 24.5 Å². The first-order valence-corrected chi connectivity index (χ1v) is 6.75. The van der Waals surface area contributed by atoms with E-state index in [0.717, 1.165) is 0 Å². The Labute approximate surface area is 110 Å². The molecule has 18 heavy (non-hydrogen) atoms. The Kier molecular flexibility index (Phi) is 6.26. The van der Waals surface area contributed by atoms with Crippen LogP contribution in [0.2, 0.25) is 0 Å². The number of thioether (sulfide) groups is 1. The zero-order valence-corrected chi connectivity index (χ0v) is 10.8. The van der Waals surface area contributed by atoms with E-state index in [-0.39, 0.29) is 18.2 Å². The molecule has 3 nitrogen and oxygen atoms in total. The number of carbonyl (C=O) groups is 1. The lowest BCUT2D eigenvalue weighted by atomic mass is 10.2. The third-order valence-electron chi connectivity index (χ3n) is 2.09. The molecular weight excluding hydrogens is 253 g/mol. The molecule has 0 aliphatic rings. The van der Waals surface area contributed by atoms with Crippen LogP contribution in [0.25, 0.3) is 0 Å². The monoisotopic (exact) mass is 267 g/mol. The fourth-order valence-corrected chi connectivity index (χ4v) is 1.63. The van der Waals surface area contributed by atoms with E-state index in [1.165, 1.54) is 12.1 Å². The molecule has 1 aromatic rings. The second-order valence-corrected chi connectivity index (χ2v) is 4.43. The summed E-state index contributed by atoms with van der Waals surface area (Å²) in [5, 5.41) is 11.0. The van der Waals surface area contributed by atoms with E-state index in [0.29, 0.717) is 17.7 Å². The van der Waals surface area contributed by atoms with E-state index in [2.05, 4.69) is 17.2 Å². The quantitative estimate of drug-likeness (QED) is 0.819. The van der Waals surface area contributed by atoms with Crippen LogP contribution < -0.4 is 5.32 Å². The largest absolute Gasteiger partial charge is 0.384 e. The summed E-state index contributed by atoms with van der Waals surface area (Å²) in [4.78, 5) is 11.4. The Hall–Kier alpha value is -1.51. The number of carbonyl (C=O) groups excluding carboxylic acids is 1. The lowest BCUT2D eigenvalue weighted by molar-refractivity contribution is -0.115. The van der Waals surface area contributed by atoms with Crippen molar-refractivity contribution in [1.29, 1.82) is 0 Å². The highest BCUT2D eigenvalue weighted by molar-refractivity contribution is 7.98. The Bertz CT molecular complexity index is 480. The molecule has 0 unspecified atom stereocenters. The standard InChI is InChI=1S/C13H14FNO2S/c1-18-8-6-13(17)15-12-5-4-10(3-2-7-16)9-11(12)14/h4-5,9,16H,6-8H2,1H3,(H,15,17). The minimum absolute atomic E-state index is 0.149. The van der Waals surface area contributed by atoms with Crippen LogP contribution in [0.1, 0.15) is 12.0 Å². The third kappa shape index (κ3) is 4.78. The van der Waals surface area contributed by atoms with E-state index in [9.17, 15) is 9.18 Å². The molecule has 0 heterocycles. The maximum absolute atomic E-state index is 13.6. The summed E-state index contributed by atoms with van der Waals surface area (Å²) in [6.45, 7) is -0.269. The molecule has 2 N–H and O–H groups in total. The summed E-state index contributed by atoms with van der Waals surface area (Å²) in [7, 11) is 0. The molecule has 0 atom stereocenters. The zero-order valence-electron chi connectivity index (χ0n) is 10.00. The van der Waals surface area contributed by atoms with Crippen molar-refractivity contribution in [3.63, 3.8) is 0 Å². The van der Waals surface area contributed by atoms with Gasteiger partial charge in [0.25, 0.3) is 0 Å². The predicted molar refractivity (Wildman–Crippen MR) is 72.0 cm³/mol. The Morgan fingerprint density at radius 1 is 1.56 bits per heavy atom. The molecule has 0 bridgehead atoms. The number of benzene rings is 1. The van der Waals surface area contributed by atoms with E-state index in [1.54, 1.807) is 17.8 Å². The molecule has 0 aliphatic carbocycles. The van der Waals surface area contributed by atoms with Gasteiger partial charge in [0.05, 0.1) is 5.69 Å². The van der Waals surface area contributed by atoms with Crippen molar-refractivity contribution in [1.82, 2.24) is 0 Å². The topological polar surface area (TPSA) is 49.3 Å². The van der Waals surface area contributed by atoms with Gasteiger partial charge in [-0.2, -0.15) is 11.8 Å². The van der Waals surface area contributed by atoms with Gasteiger partial charge in [0.15, 0.2) is 0 Å². The van der Waals surface area contributed by atoms with Gasteiger partial charge in [-0.25, -0.2) is 4.39 Å². The third-order valence-corrected chi connectivity index (χ3v) is 2.70. The maximum Gasteiger partial charge on any atom is 0.225 e. The van der Waals surface area contributed by atoms with Crippen molar-refractivity contribution in [3.05, 3.63) is 29.6 Å². The smallest absolute Gasteiger partial charge is 0.225 e. The van der Waals surface area contributed by atoms with Crippen LogP contribution in [0.15, 0.2) is 18.2 Å². The average molecular weight is 267 g/mol. The van der Waals surface area contributed by atoms with Gasteiger partial charge < -0.3 is 10.4 Å². The zero-order chi connectivity index (χ0) is 13.4. The van der Waals surface area contributed by atoms with Gasteiger partial charge in [-0.3, -0.25) is 4.79 Å². The van der Waals surface area contributed by atoms with E-state index in [1.807, 2.05) is 6.26 Å². The van der Waals surface area contributed by atoms with Crippen LogP contribution in [0.3, 0.4) is 0 Å². The molecule has 0 radical (unpaired) electrons. The normalized spacial score (nSPS) is 9.50. The highest BCUT2D eigenvalue weighted by Gasteiger charge is 2.06. The molecule has 0 fully saturated rings. The number of nitrogens with one attached hydrogen (secondary N) is 1. The fourth-order valence-electron chi connectivity index (χ4n) is 1.24. The Balaban J connectivity index is 2.70. The van der Waals surface area contributed by atoms with Crippen LogP contribution in [0.5, 0.6) is 0 Å². The summed E-state index contributed by atoms with van der Waals surface area (Å²) >= 11 is 1.56. The lowest BCUT2D eigenvalue weighted by Gasteiger charge is -2.06. The summed E-state index contributed by atoms with van der Waals surface area (Å²) in [6.07, 6.45) is 2.26. The minimum Gasteiger partial charge on any atom is -0.384 e. The SMILES string of the molecule is CSCCC(=O)Nc1ccc(C#CCO)cc1F. The van der Waals surface area contributed by atoms with Crippen LogP contribution >= 0.6 is 11.8 Å². The molecule has 0 aliphatic heterocycles. The number of halogens is 1. The molecule has 0 spiro atoms. The Morgan fingerprint density at radius 2 is 2.33 bits per heavy atom. The number of hydrogen-bond donors (Lipinski definition) is 2. The van der Waals surface area contributed by atoms with Gasteiger partial charge in [0.1, 0.15) is 12.4 Å². The van der Waals surface area contributed by atoms with E-state index >= 15 is 0 Å². The maximum atomic E-state index is 13.6. The summed E-state index contributed by atoms with van der Waals surface area (Å²) in [6, 6.07) is 4.29. The number of aliphatic hydroxyl groups excluding tert-OH is 1. The van der Waals surface area contributed by atoms with Crippen molar-refractivity contribution >= 4 is 23.4 Å². The van der Waals surface area contributed by atoms with Crippen LogP contribution in [-0.2, 0) is 4.79 Å². The van der Waals surface area contributed by atoms with Crippen LogP contribution in [0.4, 0.5) is 10.1 Å². The average Bonchev–Trinajstić information content (AvgIpc) is 2.36. The molecule has 0 saturated heterocycles. The number of anilines is 1. The lowest BCUT2D eigenvalue weighted by Crippen LogP contribution is -2.13. The molecule has 5 heteroatoms. The second-order valence-electron chi connectivity index (χ2n) is 3.45. The number of amides is 1. The number of aliphatic hydroxyl groups is 1. The van der Waals surface area contributed by atoms with Crippen molar-refractivity contribution in [2.45, 2.75) is 6.42 Å². The molecular formula is C13H14FNO2S. The van der Waals surface area contributed by atoms with Crippen LogP contribution in [0, 0.1) is 17.7 Å². The Morgan fingerprint density at radius 3 is 2.94 bits per heavy atom. The van der Waals surface area contributed by atoms with Crippen molar-refractivity contribution in [2.24, 2.45) is 0 Å². The van der Waals surface area contributed by atoms with E-state index < -0.39 is 5.82 Å². The van der Waals surface area contributed by atoms with Gasteiger partial charge >= 0.3 is 0 Å². The number of hydrogen-bond acceptors (Lipinski definition) is 3. The van der Waals surface area contributed by atoms with Crippen LogP contribution in [-0.4, -0.2) is 29.6 Å². The first kappa shape index (κ1) is 14.6. The van der Waals surface area contributed by atoms with E-state index in [4.69, 9.17) is 5.11 Å². The highest BCUT2D eigenvalue weighted by atomic mass is 32.2. The van der Waals surface area contributed by atoms with Gasteiger partial charge in [-0.15, -0.1) is 0 Å². The molecule has 1 amide bonds. The van der Waals surface area contributed by atoms with Gasteiger partial charge in [0.2, 0.25) is 5.91 Å². The first-order valence-electron chi connectivity index (χ1n) is 5.35. The van der Waals surface area contributed by atoms with Gasteiger partial charge in [-0.1, -0.05) is 11.8 Å². The molecule has 0 saturated carbocycles. The summed E-state index contributed by atoms with van der Waals surface area (Å²) in [5.41, 5.74) is 0.610. The van der Waals surface area contributed by atoms with Gasteiger partial charge in [0, 0.05) is 17.7 Å². The number of rotatable bonds is 4. The molecule has 1 aromatic carbocycles. The molecule has 1 rings (SSSR count). The predicted octanol–water partition coefficient (Wildman–Crippen LogP) is 1.86. The van der Waals surface area contributed by atoms with Crippen molar-refractivity contribution in [3.8, 4) is 11.8 Å². The highest BCUT2D eigenvalue weighted by Crippen LogP contribution is 2.15. The summed E-state index contributed by atoms with van der Waals surface area (Å²) < 4.78 is 13.6. The minimum atomic E-state index is -0.530. The van der Waals surface area contributed by atoms with Crippen molar-refractivity contribution < 1.29 is 14.3 Å². The second kappa shape index (κ2) is 7.75. The molecule has 0 aromatic heterocycles. The fraction of sp³-hybridized carbons (Fsp3) is 0.308. The van der Waals surface area contributed by atoms with Crippen molar-refractivity contribution in [2.75, 3.05) is 23.9 Å². The molecule has 96 valence electrons. The first-order chi connectivity index (χ1) is 8.67. The summed E-state index contributed by atoms with van der Waals surface area (Å²) in [5.74, 6) is 4.98.